The first-order valence-electron chi connectivity index (χ1n) is 7.81. The van der Waals surface area contributed by atoms with E-state index >= 15 is 0 Å². The lowest BCUT2D eigenvalue weighted by Crippen LogP contribution is -2.21. The highest BCUT2D eigenvalue weighted by atomic mass is 15.0. The first kappa shape index (κ1) is 15.8. The molecule has 1 aromatic heterocycles. The van der Waals surface area contributed by atoms with Gasteiger partial charge in [-0.15, -0.1) is 0 Å². The Kier molecular flexibility index (Phi) is 5.18. The van der Waals surface area contributed by atoms with Gasteiger partial charge in [0, 0.05) is 30.9 Å². The molecule has 1 aromatic carbocycles. The zero-order valence-corrected chi connectivity index (χ0v) is 13.6. The molecule has 0 fully saturated rings. The smallest absolute Gasteiger partial charge is 0.0951 e. The van der Waals surface area contributed by atoms with E-state index in [0.29, 0.717) is 24.3 Å². The van der Waals surface area contributed by atoms with Crippen LogP contribution in [0, 0.1) is 5.92 Å². The maximum absolute atomic E-state index is 5.94. The van der Waals surface area contributed by atoms with Gasteiger partial charge in [0.15, 0.2) is 0 Å². The first-order chi connectivity index (χ1) is 10.0. The molecule has 21 heavy (non-hydrogen) atoms. The van der Waals surface area contributed by atoms with Gasteiger partial charge in [0.2, 0.25) is 0 Å². The Morgan fingerprint density at radius 2 is 1.76 bits per heavy atom. The minimum Gasteiger partial charge on any atom is -0.330 e. The Bertz CT molecular complexity index is 552. The summed E-state index contributed by atoms with van der Waals surface area (Å²) >= 11 is 0. The second-order valence-electron chi connectivity index (χ2n) is 6.43. The van der Waals surface area contributed by atoms with Crippen LogP contribution in [0.5, 0.6) is 0 Å². The van der Waals surface area contributed by atoms with Gasteiger partial charge in [-0.05, 0) is 23.0 Å². The van der Waals surface area contributed by atoms with E-state index in [2.05, 4.69) is 61.5 Å². The Labute approximate surface area is 128 Å². The van der Waals surface area contributed by atoms with Crippen molar-refractivity contribution in [2.24, 2.45) is 11.7 Å². The summed E-state index contributed by atoms with van der Waals surface area (Å²) in [7, 11) is 0. The fourth-order valence-electron chi connectivity index (χ4n) is 2.71. The van der Waals surface area contributed by atoms with Gasteiger partial charge in [0.05, 0.1) is 6.33 Å². The van der Waals surface area contributed by atoms with Gasteiger partial charge in [-0.25, -0.2) is 4.98 Å². The highest BCUT2D eigenvalue weighted by Crippen LogP contribution is 2.24. The average Bonchev–Trinajstić information content (AvgIpc) is 2.88. The van der Waals surface area contributed by atoms with Crippen LogP contribution >= 0.6 is 0 Å². The van der Waals surface area contributed by atoms with Crippen molar-refractivity contribution < 1.29 is 0 Å². The molecule has 0 aliphatic carbocycles. The third-order valence-electron chi connectivity index (χ3n) is 4.18. The highest BCUT2D eigenvalue weighted by Gasteiger charge is 2.18. The number of nitrogens with two attached hydrogens (primary N) is 1. The van der Waals surface area contributed by atoms with E-state index in [9.17, 15) is 0 Å². The van der Waals surface area contributed by atoms with Crippen LogP contribution in [0.15, 0.2) is 36.8 Å². The number of hydrogen-bond donors (Lipinski definition) is 1. The normalized spacial score (nSPS) is 13.1. The maximum Gasteiger partial charge on any atom is 0.0951 e. The van der Waals surface area contributed by atoms with E-state index in [-0.39, 0.29) is 0 Å². The number of aromatic nitrogens is 2. The number of hydrogen-bond acceptors (Lipinski definition) is 2. The van der Waals surface area contributed by atoms with Gasteiger partial charge >= 0.3 is 0 Å². The standard InChI is InChI=1S/C18H27N3/c1-13(2)16-7-5-15(6-8-16)11-21-12-20-10-18(21)17(9-19)14(3)4/h5-8,10,12-14,17H,9,11,19H2,1-4H3. The van der Waals surface area contributed by atoms with Crippen LogP contribution in [-0.2, 0) is 6.54 Å². The van der Waals surface area contributed by atoms with Crippen LogP contribution < -0.4 is 5.73 Å². The lowest BCUT2D eigenvalue weighted by Gasteiger charge is -2.20. The van der Waals surface area contributed by atoms with Crippen LogP contribution in [0.2, 0.25) is 0 Å². The average molecular weight is 285 g/mol. The van der Waals surface area contributed by atoms with E-state index in [4.69, 9.17) is 5.73 Å². The monoisotopic (exact) mass is 285 g/mol. The Balaban J connectivity index is 2.18. The zero-order chi connectivity index (χ0) is 15.4. The molecule has 0 bridgehead atoms. The maximum atomic E-state index is 5.94. The molecule has 3 heteroatoms. The predicted molar refractivity (Wildman–Crippen MR) is 88.5 cm³/mol. The van der Waals surface area contributed by atoms with Gasteiger partial charge in [-0.1, -0.05) is 52.0 Å². The molecule has 1 atom stereocenters. The van der Waals surface area contributed by atoms with E-state index in [1.54, 1.807) is 0 Å². The number of imidazole rings is 1. The molecule has 0 spiro atoms. The Morgan fingerprint density at radius 3 is 2.29 bits per heavy atom. The number of benzene rings is 1. The van der Waals surface area contributed by atoms with Gasteiger partial charge < -0.3 is 10.3 Å². The second kappa shape index (κ2) is 6.90. The molecule has 0 saturated carbocycles. The summed E-state index contributed by atoms with van der Waals surface area (Å²) in [5.74, 6) is 1.46. The van der Waals surface area contributed by atoms with Crippen molar-refractivity contribution in [3.05, 3.63) is 53.6 Å². The van der Waals surface area contributed by atoms with Gasteiger partial charge in [0.1, 0.15) is 0 Å². The summed E-state index contributed by atoms with van der Waals surface area (Å²) in [6, 6.07) is 8.87. The summed E-state index contributed by atoms with van der Waals surface area (Å²) in [6.07, 6.45) is 3.87. The second-order valence-corrected chi connectivity index (χ2v) is 6.43. The van der Waals surface area contributed by atoms with Gasteiger partial charge in [-0.2, -0.15) is 0 Å². The molecule has 3 nitrogen and oxygen atoms in total. The number of nitrogens with zero attached hydrogens (tertiary/aromatic N) is 2. The van der Waals surface area contributed by atoms with Crippen molar-refractivity contribution in [2.75, 3.05) is 6.54 Å². The highest BCUT2D eigenvalue weighted by molar-refractivity contribution is 5.25. The van der Waals surface area contributed by atoms with E-state index < -0.39 is 0 Å². The largest absolute Gasteiger partial charge is 0.330 e. The molecule has 114 valence electrons. The van der Waals surface area contributed by atoms with E-state index in [1.165, 1.54) is 16.8 Å². The fourth-order valence-corrected chi connectivity index (χ4v) is 2.71. The number of rotatable bonds is 6. The van der Waals surface area contributed by atoms with Crippen LogP contribution in [0.1, 0.15) is 56.4 Å². The first-order valence-corrected chi connectivity index (χ1v) is 7.81. The van der Waals surface area contributed by atoms with Crippen molar-refractivity contribution in [1.82, 2.24) is 9.55 Å². The molecule has 2 aromatic rings. The molecule has 0 aliphatic heterocycles. The fraction of sp³-hybridized carbons (Fsp3) is 0.500. The van der Waals surface area contributed by atoms with Crippen molar-refractivity contribution in [3.63, 3.8) is 0 Å². The van der Waals surface area contributed by atoms with Crippen LogP contribution in [-0.4, -0.2) is 16.1 Å². The molecule has 0 amide bonds. The minimum absolute atomic E-state index is 0.363. The SMILES string of the molecule is CC(C)c1ccc(Cn2cncc2C(CN)C(C)C)cc1. The molecule has 1 heterocycles. The molecule has 0 aliphatic rings. The van der Waals surface area contributed by atoms with Crippen LogP contribution in [0.3, 0.4) is 0 Å². The summed E-state index contributed by atoms with van der Waals surface area (Å²) in [6.45, 7) is 10.4. The summed E-state index contributed by atoms with van der Waals surface area (Å²) < 4.78 is 2.22. The minimum atomic E-state index is 0.363. The molecular weight excluding hydrogens is 258 g/mol. The predicted octanol–water partition coefficient (Wildman–Crippen LogP) is 3.75. The summed E-state index contributed by atoms with van der Waals surface area (Å²) in [4.78, 5) is 4.32. The quantitative estimate of drug-likeness (QED) is 0.878. The van der Waals surface area contributed by atoms with Gasteiger partial charge in [0.25, 0.3) is 0 Å². The van der Waals surface area contributed by atoms with Crippen LogP contribution in [0.4, 0.5) is 0 Å². The van der Waals surface area contributed by atoms with E-state index in [1.807, 2.05) is 12.5 Å². The summed E-state index contributed by atoms with van der Waals surface area (Å²) in [5, 5.41) is 0. The lowest BCUT2D eigenvalue weighted by atomic mass is 9.93. The topological polar surface area (TPSA) is 43.8 Å². The Morgan fingerprint density at radius 1 is 1.10 bits per heavy atom. The molecule has 1 unspecified atom stereocenters. The van der Waals surface area contributed by atoms with Crippen molar-refractivity contribution in [1.29, 1.82) is 0 Å². The van der Waals surface area contributed by atoms with Crippen LogP contribution in [0.25, 0.3) is 0 Å². The van der Waals surface area contributed by atoms with Crippen molar-refractivity contribution >= 4 is 0 Å². The van der Waals surface area contributed by atoms with Gasteiger partial charge in [-0.3, -0.25) is 0 Å². The third kappa shape index (κ3) is 3.73. The molecular formula is C18H27N3. The third-order valence-corrected chi connectivity index (χ3v) is 4.18. The zero-order valence-electron chi connectivity index (χ0n) is 13.6. The van der Waals surface area contributed by atoms with Crippen molar-refractivity contribution in [3.8, 4) is 0 Å². The summed E-state index contributed by atoms with van der Waals surface area (Å²) in [5.41, 5.74) is 9.86. The molecule has 0 radical (unpaired) electrons. The molecule has 2 rings (SSSR count). The molecule has 0 saturated heterocycles. The van der Waals surface area contributed by atoms with E-state index in [0.717, 1.165) is 6.54 Å². The van der Waals surface area contributed by atoms with Crippen molar-refractivity contribution in [2.45, 2.75) is 46.1 Å². The lowest BCUT2D eigenvalue weighted by molar-refractivity contribution is 0.478. The molecule has 2 N–H and O–H groups in total. The Hall–Kier alpha value is -1.61.